The molecule has 1 aliphatic heterocycles. The molecule has 4 heteroatoms. The summed E-state index contributed by atoms with van der Waals surface area (Å²) >= 11 is 0. The zero-order valence-electron chi connectivity index (χ0n) is 5.46. The first-order chi connectivity index (χ1) is 4.33. The molecule has 0 spiro atoms. The largest absolute Gasteiger partial charge is 0.297 e. The maximum Gasteiger partial charge on any atom is 0.134 e. The third-order valence-electron chi connectivity index (χ3n) is 1.33. The molecule has 1 aliphatic rings. The molecule has 52 valence electrons. The van der Waals surface area contributed by atoms with Gasteiger partial charge in [-0.25, -0.2) is 0 Å². The normalized spacial score (nSPS) is 21.3. The highest BCUT2D eigenvalue weighted by Crippen LogP contribution is 1.90. The Labute approximate surface area is 54.1 Å². The van der Waals surface area contributed by atoms with E-state index in [1.807, 2.05) is 12.5 Å². The number of rotatable bonds is 0. The van der Waals surface area contributed by atoms with Gasteiger partial charge in [0.25, 0.3) is 0 Å². The molecular formula is C5H11N3O. The lowest BCUT2D eigenvalue weighted by molar-refractivity contribution is 0.222. The first kappa shape index (κ1) is 6.51. The fraction of sp³-hybridized carbons (Fsp3) is 0.800. The maximum atomic E-state index is 8.40. The summed E-state index contributed by atoms with van der Waals surface area (Å²) in [5.74, 6) is 0.656. The first-order valence-electron chi connectivity index (χ1n) is 2.95. The molecule has 0 radical (unpaired) electrons. The van der Waals surface area contributed by atoms with Gasteiger partial charge in [0.2, 0.25) is 0 Å². The van der Waals surface area contributed by atoms with Gasteiger partial charge in [0.1, 0.15) is 5.84 Å². The summed E-state index contributed by atoms with van der Waals surface area (Å²) in [7, 11) is 1.99. The van der Waals surface area contributed by atoms with Crippen LogP contribution >= 0.6 is 0 Å². The monoisotopic (exact) mass is 129 g/mol. The second kappa shape index (κ2) is 2.80. The summed E-state index contributed by atoms with van der Waals surface area (Å²) in [6.45, 7) is 2.47. The molecule has 0 saturated heterocycles. The molecule has 0 saturated carbocycles. The van der Waals surface area contributed by atoms with E-state index in [0.717, 1.165) is 19.6 Å². The predicted molar refractivity (Wildman–Crippen MR) is 34.7 cm³/mol. The summed E-state index contributed by atoms with van der Waals surface area (Å²) in [6, 6.07) is 0. The molecule has 4 nitrogen and oxygen atoms in total. The summed E-state index contributed by atoms with van der Waals surface area (Å²) in [4.78, 5) is 6.10. The van der Waals surface area contributed by atoms with Crippen LogP contribution in [0.1, 0.15) is 0 Å². The van der Waals surface area contributed by atoms with Crippen LogP contribution < -0.4 is 5.48 Å². The first-order valence-corrected chi connectivity index (χ1v) is 2.95. The molecule has 0 aromatic rings. The average Bonchev–Trinajstić information content (AvgIpc) is 1.88. The Hall–Kier alpha value is -0.610. The van der Waals surface area contributed by atoms with E-state index in [0.29, 0.717) is 5.84 Å². The van der Waals surface area contributed by atoms with Crippen molar-refractivity contribution in [3.8, 4) is 0 Å². The molecule has 9 heavy (non-hydrogen) atoms. The van der Waals surface area contributed by atoms with Gasteiger partial charge in [0.15, 0.2) is 0 Å². The maximum absolute atomic E-state index is 8.40. The van der Waals surface area contributed by atoms with E-state index >= 15 is 0 Å². The van der Waals surface area contributed by atoms with E-state index in [-0.39, 0.29) is 0 Å². The van der Waals surface area contributed by atoms with E-state index in [2.05, 4.69) is 9.89 Å². The Kier molecular flexibility index (Phi) is 2.02. The van der Waals surface area contributed by atoms with Crippen LogP contribution in [0.25, 0.3) is 0 Å². The Bertz CT molecular complexity index is 123. The third kappa shape index (κ3) is 1.65. The van der Waals surface area contributed by atoms with Crippen molar-refractivity contribution in [2.24, 2.45) is 4.99 Å². The van der Waals surface area contributed by atoms with E-state index in [1.165, 1.54) is 0 Å². The van der Waals surface area contributed by atoms with Gasteiger partial charge >= 0.3 is 0 Å². The molecule has 0 aliphatic carbocycles. The lowest BCUT2D eigenvalue weighted by Gasteiger charge is -2.20. The van der Waals surface area contributed by atoms with Crippen molar-refractivity contribution >= 4 is 5.84 Å². The van der Waals surface area contributed by atoms with Crippen molar-refractivity contribution in [3.63, 3.8) is 0 Å². The van der Waals surface area contributed by atoms with Crippen molar-refractivity contribution in [2.45, 2.75) is 0 Å². The number of amidine groups is 1. The van der Waals surface area contributed by atoms with E-state index in [4.69, 9.17) is 5.21 Å². The van der Waals surface area contributed by atoms with Gasteiger partial charge < -0.3 is 0 Å². The molecule has 0 bridgehead atoms. The van der Waals surface area contributed by atoms with Crippen LogP contribution in [0, 0.1) is 0 Å². The molecule has 2 N–H and O–H groups in total. The van der Waals surface area contributed by atoms with Crippen LogP contribution in [0.4, 0.5) is 0 Å². The lowest BCUT2D eigenvalue weighted by Crippen LogP contribution is -2.39. The van der Waals surface area contributed by atoms with Crippen molar-refractivity contribution in [1.29, 1.82) is 0 Å². The molecule has 0 amide bonds. The molecule has 0 aromatic carbocycles. The predicted octanol–water partition coefficient (Wildman–Crippen LogP) is -0.691. The molecule has 0 unspecified atom stereocenters. The second-order valence-corrected chi connectivity index (χ2v) is 2.18. The standard InChI is InChI=1S/C5H11N3O/c1-8-3-2-6-5(4-8)7-9/h9H,2-4H2,1H3,(H,6,7). The van der Waals surface area contributed by atoms with Crippen molar-refractivity contribution in [1.82, 2.24) is 10.4 Å². The second-order valence-electron chi connectivity index (χ2n) is 2.18. The Balaban J connectivity index is 2.43. The van der Waals surface area contributed by atoms with Crippen LogP contribution in [0.2, 0.25) is 0 Å². The fourth-order valence-electron chi connectivity index (χ4n) is 0.811. The minimum Gasteiger partial charge on any atom is -0.297 e. The van der Waals surface area contributed by atoms with Crippen molar-refractivity contribution < 1.29 is 5.21 Å². The van der Waals surface area contributed by atoms with Crippen LogP contribution in [0.3, 0.4) is 0 Å². The van der Waals surface area contributed by atoms with E-state index < -0.39 is 0 Å². The number of aliphatic imine (C=N–C) groups is 1. The number of hydrogen-bond donors (Lipinski definition) is 2. The lowest BCUT2D eigenvalue weighted by atomic mass is 10.4. The highest BCUT2D eigenvalue weighted by Gasteiger charge is 2.07. The summed E-state index contributed by atoms with van der Waals surface area (Å²) in [6.07, 6.45) is 0. The summed E-state index contributed by atoms with van der Waals surface area (Å²) < 4.78 is 0. The molecule has 0 atom stereocenters. The molecule has 1 rings (SSSR count). The zero-order valence-corrected chi connectivity index (χ0v) is 5.46. The van der Waals surface area contributed by atoms with Crippen LogP contribution in [-0.4, -0.2) is 42.6 Å². The van der Waals surface area contributed by atoms with Gasteiger partial charge in [-0.1, -0.05) is 0 Å². The average molecular weight is 129 g/mol. The minimum atomic E-state index is 0.656. The number of likely N-dealkylation sites (N-methyl/N-ethyl adjacent to an activating group) is 1. The van der Waals surface area contributed by atoms with E-state index in [9.17, 15) is 0 Å². The zero-order chi connectivity index (χ0) is 6.69. The van der Waals surface area contributed by atoms with Crippen molar-refractivity contribution in [2.75, 3.05) is 26.7 Å². The van der Waals surface area contributed by atoms with Gasteiger partial charge in [-0.2, -0.15) is 0 Å². The van der Waals surface area contributed by atoms with Crippen LogP contribution in [0.15, 0.2) is 4.99 Å². The van der Waals surface area contributed by atoms with Gasteiger partial charge in [-0.15, -0.1) is 0 Å². The molecule has 0 fully saturated rings. The van der Waals surface area contributed by atoms with E-state index in [1.54, 1.807) is 0 Å². The molecular weight excluding hydrogens is 118 g/mol. The SMILES string of the molecule is CN1CCN=C(NO)C1. The molecule has 0 aromatic heterocycles. The topological polar surface area (TPSA) is 47.9 Å². The highest BCUT2D eigenvalue weighted by molar-refractivity contribution is 5.83. The number of nitrogens with zero attached hydrogens (tertiary/aromatic N) is 2. The van der Waals surface area contributed by atoms with Gasteiger partial charge in [0.05, 0.1) is 13.1 Å². The summed E-state index contributed by atoms with van der Waals surface area (Å²) in [5.41, 5.74) is 2.04. The highest BCUT2D eigenvalue weighted by atomic mass is 16.5. The number of hydrogen-bond acceptors (Lipinski definition) is 4. The fourth-order valence-corrected chi connectivity index (χ4v) is 0.811. The molecule has 1 heterocycles. The van der Waals surface area contributed by atoms with Crippen molar-refractivity contribution in [3.05, 3.63) is 0 Å². The Morgan fingerprint density at radius 1 is 1.78 bits per heavy atom. The van der Waals surface area contributed by atoms with Crippen LogP contribution in [-0.2, 0) is 0 Å². The number of nitrogens with one attached hydrogen (secondary N) is 1. The number of hydroxylamine groups is 1. The summed E-state index contributed by atoms with van der Waals surface area (Å²) in [5, 5.41) is 8.40. The van der Waals surface area contributed by atoms with Gasteiger partial charge in [0, 0.05) is 6.54 Å². The third-order valence-corrected chi connectivity index (χ3v) is 1.33. The minimum absolute atomic E-state index is 0.656. The smallest absolute Gasteiger partial charge is 0.134 e. The van der Waals surface area contributed by atoms with Crippen LogP contribution in [0.5, 0.6) is 0 Å². The Morgan fingerprint density at radius 2 is 2.56 bits per heavy atom. The van der Waals surface area contributed by atoms with Gasteiger partial charge in [-0.3, -0.25) is 20.6 Å². The quantitative estimate of drug-likeness (QED) is 0.425. The Morgan fingerprint density at radius 3 is 3.00 bits per heavy atom. The van der Waals surface area contributed by atoms with Gasteiger partial charge in [-0.05, 0) is 7.05 Å².